The van der Waals surface area contributed by atoms with Gasteiger partial charge in [-0.3, -0.25) is 9.67 Å². The minimum atomic E-state index is -0.479. The molecule has 0 bridgehead atoms. The molecular formula is C25H25ClN4O2S. The Morgan fingerprint density at radius 1 is 1.33 bits per heavy atom. The van der Waals surface area contributed by atoms with Gasteiger partial charge in [0.2, 0.25) is 0 Å². The number of aliphatic hydroxyl groups excluding tert-OH is 1. The van der Waals surface area contributed by atoms with Crippen LogP contribution >= 0.6 is 22.9 Å². The number of pyridine rings is 1. The van der Waals surface area contributed by atoms with E-state index in [2.05, 4.69) is 10.3 Å². The lowest BCUT2D eigenvalue weighted by molar-refractivity contribution is 0.177. The number of thiophene rings is 1. The second-order valence-corrected chi connectivity index (χ2v) is 10.3. The van der Waals surface area contributed by atoms with Crippen LogP contribution in [0.4, 0.5) is 0 Å². The van der Waals surface area contributed by atoms with Crippen molar-refractivity contribution in [2.45, 2.75) is 44.9 Å². The summed E-state index contributed by atoms with van der Waals surface area (Å²) in [6.45, 7) is 3.77. The normalized spacial score (nSPS) is 18.2. The first-order chi connectivity index (χ1) is 16.0. The number of halogens is 1. The first-order valence-corrected chi connectivity index (χ1v) is 12.5. The van der Waals surface area contributed by atoms with Crippen molar-refractivity contribution in [3.8, 4) is 16.9 Å². The topological polar surface area (TPSA) is 72.2 Å². The summed E-state index contributed by atoms with van der Waals surface area (Å²) in [6, 6.07) is 7.99. The van der Waals surface area contributed by atoms with Gasteiger partial charge in [0.15, 0.2) is 0 Å². The summed E-state index contributed by atoms with van der Waals surface area (Å²) in [7, 11) is 2.01. The zero-order chi connectivity index (χ0) is 22.7. The van der Waals surface area contributed by atoms with Gasteiger partial charge >= 0.3 is 0 Å². The Hall–Kier alpha value is -2.45. The number of aromatic nitrogens is 3. The van der Waals surface area contributed by atoms with Crippen molar-refractivity contribution in [1.82, 2.24) is 20.1 Å². The highest BCUT2D eigenvalue weighted by Crippen LogP contribution is 2.48. The lowest BCUT2D eigenvalue weighted by atomic mass is 9.98. The lowest BCUT2D eigenvalue weighted by Gasteiger charge is -2.17. The number of aliphatic hydroxyl groups is 1. The molecule has 0 saturated carbocycles. The van der Waals surface area contributed by atoms with Gasteiger partial charge < -0.3 is 15.2 Å². The molecule has 0 fully saturated rings. The quantitative estimate of drug-likeness (QED) is 0.424. The minimum Gasteiger partial charge on any atom is -0.483 e. The van der Waals surface area contributed by atoms with Crippen LogP contribution in [-0.4, -0.2) is 26.4 Å². The van der Waals surface area contributed by atoms with Crippen molar-refractivity contribution >= 4 is 33.2 Å². The molecule has 2 N–H and O–H groups in total. The molecule has 4 aromatic rings. The molecule has 0 spiro atoms. The van der Waals surface area contributed by atoms with Crippen LogP contribution < -0.4 is 10.1 Å². The number of fused-ring (bicyclic) bond motifs is 3. The Balaban J connectivity index is 1.45. The molecule has 2 aliphatic heterocycles. The number of benzene rings is 1. The first kappa shape index (κ1) is 21.1. The van der Waals surface area contributed by atoms with Gasteiger partial charge in [-0.15, -0.1) is 11.3 Å². The Kier molecular flexibility index (Phi) is 5.18. The van der Waals surface area contributed by atoms with E-state index < -0.39 is 6.10 Å². The number of hydrogen-bond donors (Lipinski definition) is 2. The Morgan fingerprint density at radius 2 is 2.21 bits per heavy atom. The molecular weight excluding hydrogens is 456 g/mol. The molecule has 0 amide bonds. The van der Waals surface area contributed by atoms with Crippen LogP contribution in [0.1, 0.15) is 52.9 Å². The van der Waals surface area contributed by atoms with Gasteiger partial charge in [0.1, 0.15) is 11.9 Å². The fourth-order valence-corrected chi connectivity index (χ4v) is 6.52. The first-order valence-electron chi connectivity index (χ1n) is 11.3. The third-order valence-corrected chi connectivity index (χ3v) is 8.13. The summed E-state index contributed by atoms with van der Waals surface area (Å²) in [5.74, 6) is 0.876. The second-order valence-electron chi connectivity index (χ2n) is 8.76. The van der Waals surface area contributed by atoms with E-state index in [1.165, 1.54) is 11.3 Å². The minimum absolute atomic E-state index is 0.100. The maximum Gasteiger partial charge on any atom is 0.145 e. The monoisotopic (exact) mass is 480 g/mol. The molecule has 3 aromatic heterocycles. The average Bonchev–Trinajstić information content (AvgIpc) is 3.51. The standard InChI is InChI=1S/C25H25ClN4O2S/c1-3-20(31)22-11-19-25(33-22)15(4-7-28-19)16-10-14(26)8-13-9-21(32-24(13)16)23-17-12-27-6-5-18(17)29-30(23)2/h4,7-8,10-11,20-21,27,31H,3,5-6,9,12H2,1-2H3/t20?,21-/m1/s1. The summed E-state index contributed by atoms with van der Waals surface area (Å²) in [5.41, 5.74) is 7.57. The van der Waals surface area contributed by atoms with Gasteiger partial charge in [-0.05, 0) is 30.7 Å². The van der Waals surface area contributed by atoms with Crippen molar-refractivity contribution in [3.63, 3.8) is 0 Å². The van der Waals surface area contributed by atoms with E-state index in [4.69, 9.17) is 21.4 Å². The summed E-state index contributed by atoms with van der Waals surface area (Å²) >= 11 is 8.18. The van der Waals surface area contributed by atoms with Crippen LogP contribution in [-0.2, 0) is 26.4 Å². The predicted molar refractivity (Wildman–Crippen MR) is 131 cm³/mol. The molecule has 1 aromatic carbocycles. The van der Waals surface area contributed by atoms with Crippen molar-refractivity contribution in [1.29, 1.82) is 0 Å². The van der Waals surface area contributed by atoms with Gasteiger partial charge in [0.25, 0.3) is 0 Å². The molecule has 0 aliphatic carbocycles. The SMILES string of the molecule is CCC(O)c1cc2nccc(-c3cc(Cl)cc4c3O[C@@H](c3c5c(nn3C)CCNC5)C4)c2s1. The third kappa shape index (κ3) is 3.46. The van der Waals surface area contributed by atoms with Crippen molar-refractivity contribution in [3.05, 3.63) is 62.9 Å². The molecule has 2 atom stereocenters. The molecule has 6 nitrogen and oxygen atoms in total. The molecule has 8 heteroatoms. The molecule has 0 radical (unpaired) electrons. The number of aryl methyl sites for hydroxylation is 1. The van der Waals surface area contributed by atoms with Gasteiger partial charge in [-0.1, -0.05) is 18.5 Å². The highest BCUT2D eigenvalue weighted by atomic mass is 35.5. The molecule has 33 heavy (non-hydrogen) atoms. The van der Waals surface area contributed by atoms with Crippen LogP contribution in [0.15, 0.2) is 30.5 Å². The van der Waals surface area contributed by atoms with Gasteiger partial charge in [-0.25, -0.2) is 0 Å². The predicted octanol–water partition coefficient (Wildman–Crippen LogP) is 5.12. The van der Waals surface area contributed by atoms with E-state index in [1.807, 2.05) is 49.1 Å². The highest BCUT2D eigenvalue weighted by molar-refractivity contribution is 7.19. The van der Waals surface area contributed by atoms with Gasteiger partial charge in [0, 0.05) is 71.3 Å². The van der Waals surface area contributed by atoms with Crippen LogP contribution in [0.2, 0.25) is 5.02 Å². The average molecular weight is 481 g/mol. The van der Waals surface area contributed by atoms with Crippen LogP contribution in [0.3, 0.4) is 0 Å². The van der Waals surface area contributed by atoms with Crippen LogP contribution in [0, 0.1) is 0 Å². The summed E-state index contributed by atoms with van der Waals surface area (Å²) in [4.78, 5) is 5.47. The molecule has 6 rings (SSSR count). The third-order valence-electron chi connectivity index (χ3n) is 6.65. The Bertz CT molecular complexity index is 1380. The van der Waals surface area contributed by atoms with Crippen molar-refractivity contribution in [2.24, 2.45) is 7.05 Å². The molecule has 1 unspecified atom stereocenters. The number of nitrogens with one attached hydrogen (secondary N) is 1. The fraction of sp³-hybridized carbons (Fsp3) is 0.360. The van der Waals surface area contributed by atoms with Crippen molar-refractivity contribution < 1.29 is 9.84 Å². The second kappa shape index (κ2) is 8.09. The Morgan fingerprint density at radius 3 is 3.06 bits per heavy atom. The van der Waals surface area contributed by atoms with Crippen LogP contribution in [0.25, 0.3) is 21.3 Å². The maximum atomic E-state index is 10.4. The van der Waals surface area contributed by atoms with Crippen molar-refractivity contribution in [2.75, 3.05) is 6.54 Å². The number of hydrogen-bond acceptors (Lipinski definition) is 6. The molecule has 170 valence electrons. The van der Waals surface area contributed by atoms with E-state index in [9.17, 15) is 5.11 Å². The molecule has 2 aliphatic rings. The van der Waals surface area contributed by atoms with Crippen LogP contribution in [0.5, 0.6) is 5.75 Å². The molecule has 5 heterocycles. The highest BCUT2D eigenvalue weighted by Gasteiger charge is 2.34. The van der Waals surface area contributed by atoms with E-state index >= 15 is 0 Å². The van der Waals surface area contributed by atoms with E-state index in [0.29, 0.717) is 11.4 Å². The van der Waals surface area contributed by atoms with E-state index in [-0.39, 0.29) is 6.10 Å². The lowest BCUT2D eigenvalue weighted by Crippen LogP contribution is -2.24. The summed E-state index contributed by atoms with van der Waals surface area (Å²) in [5, 5.41) is 19.3. The summed E-state index contributed by atoms with van der Waals surface area (Å²) in [6.07, 6.45) is 3.61. The molecule has 0 saturated heterocycles. The Labute approximate surface area is 201 Å². The van der Waals surface area contributed by atoms with Gasteiger partial charge in [0.05, 0.1) is 27.7 Å². The zero-order valence-electron chi connectivity index (χ0n) is 18.6. The van der Waals surface area contributed by atoms with E-state index in [1.54, 1.807) is 11.3 Å². The number of nitrogens with zero attached hydrogens (tertiary/aromatic N) is 3. The smallest absolute Gasteiger partial charge is 0.145 e. The van der Waals surface area contributed by atoms with Gasteiger partial charge in [-0.2, -0.15) is 5.10 Å². The zero-order valence-corrected chi connectivity index (χ0v) is 20.1. The van der Waals surface area contributed by atoms with E-state index in [0.717, 1.165) is 69.2 Å². The maximum absolute atomic E-state index is 10.4. The largest absolute Gasteiger partial charge is 0.483 e. The number of rotatable bonds is 4. The fourth-order valence-electron chi connectivity index (χ4n) is 5.07. The summed E-state index contributed by atoms with van der Waals surface area (Å²) < 4.78 is 9.68. The number of ether oxygens (including phenoxy) is 1.